The molecule has 3 saturated carbocycles. The second kappa shape index (κ2) is 4.31. The van der Waals surface area contributed by atoms with E-state index < -0.39 is 0 Å². The van der Waals surface area contributed by atoms with Crippen molar-refractivity contribution in [3.63, 3.8) is 0 Å². The standard InChI is InChI=1S/C19H27NO2/c1-17-8-7-15-13(14(17)3-4-16(17)22)6-10-19(20)11-12(21)5-9-18(15,19)2/h7,13-14H,3-6,8-11,20H2,1-2H3. The van der Waals surface area contributed by atoms with Crippen molar-refractivity contribution in [2.45, 2.75) is 70.8 Å². The fourth-order valence-corrected chi connectivity index (χ4v) is 6.17. The van der Waals surface area contributed by atoms with Gasteiger partial charge >= 0.3 is 0 Å². The molecule has 2 N–H and O–H groups in total. The molecule has 3 nitrogen and oxygen atoms in total. The van der Waals surface area contributed by atoms with Crippen LogP contribution in [0.4, 0.5) is 0 Å². The fraction of sp³-hybridized carbons (Fsp3) is 0.789. The number of hydrogen-bond donors (Lipinski definition) is 1. The number of carbonyl (C=O) groups excluding carboxylic acids is 2. The van der Waals surface area contributed by atoms with Gasteiger partial charge in [0.05, 0.1) is 0 Å². The van der Waals surface area contributed by atoms with Crippen LogP contribution in [0.3, 0.4) is 0 Å². The highest BCUT2D eigenvalue weighted by Gasteiger charge is 2.60. The van der Waals surface area contributed by atoms with E-state index in [4.69, 9.17) is 5.73 Å². The number of nitrogens with two attached hydrogens (primary N) is 1. The quantitative estimate of drug-likeness (QED) is 0.699. The highest BCUT2D eigenvalue weighted by molar-refractivity contribution is 5.87. The Hall–Kier alpha value is -0.960. The number of Topliss-reactive ketones (excluding diaryl/α,β-unsaturated/α-hetero) is 2. The zero-order valence-corrected chi connectivity index (χ0v) is 13.8. The largest absolute Gasteiger partial charge is 0.324 e. The van der Waals surface area contributed by atoms with Crippen molar-refractivity contribution in [1.82, 2.24) is 0 Å². The molecule has 0 radical (unpaired) electrons. The molecule has 22 heavy (non-hydrogen) atoms. The van der Waals surface area contributed by atoms with Crippen LogP contribution in [-0.4, -0.2) is 17.1 Å². The summed E-state index contributed by atoms with van der Waals surface area (Å²) in [4.78, 5) is 24.3. The molecule has 5 atom stereocenters. The SMILES string of the molecule is CC12CC=C3C(CCC4(N)CC(=O)CCC34C)C1CCC2=O. The van der Waals surface area contributed by atoms with Gasteiger partial charge in [0.15, 0.2) is 0 Å². The van der Waals surface area contributed by atoms with Crippen LogP contribution in [0.25, 0.3) is 0 Å². The molecule has 3 heteroatoms. The maximum atomic E-state index is 12.4. The van der Waals surface area contributed by atoms with Gasteiger partial charge in [-0.3, -0.25) is 9.59 Å². The smallest absolute Gasteiger partial charge is 0.139 e. The zero-order valence-electron chi connectivity index (χ0n) is 13.8. The molecule has 4 rings (SSSR count). The third kappa shape index (κ3) is 1.61. The van der Waals surface area contributed by atoms with Crippen LogP contribution in [0.1, 0.15) is 65.2 Å². The van der Waals surface area contributed by atoms with Crippen LogP contribution >= 0.6 is 0 Å². The van der Waals surface area contributed by atoms with E-state index in [1.165, 1.54) is 5.57 Å². The fourth-order valence-electron chi connectivity index (χ4n) is 6.17. The summed E-state index contributed by atoms with van der Waals surface area (Å²) in [6.45, 7) is 4.47. The minimum atomic E-state index is -0.360. The van der Waals surface area contributed by atoms with Gasteiger partial charge in [0, 0.05) is 35.6 Å². The van der Waals surface area contributed by atoms with E-state index in [1.807, 2.05) is 0 Å². The molecule has 120 valence electrons. The highest BCUT2D eigenvalue weighted by atomic mass is 16.1. The molecule has 0 aromatic heterocycles. The molecule has 0 aliphatic heterocycles. The van der Waals surface area contributed by atoms with Gasteiger partial charge in [-0.2, -0.15) is 0 Å². The lowest BCUT2D eigenvalue weighted by molar-refractivity contribution is -0.128. The van der Waals surface area contributed by atoms with Crippen LogP contribution in [-0.2, 0) is 9.59 Å². The summed E-state index contributed by atoms with van der Waals surface area (Å²) >= 11 is 0. The van der Waals surface area contributed by atoms with Crippen molar-refractivity contribution in [1.29, 1.82) is 0 Å². The van der Waals surface area contributed by atoms with Crippen molar-refractivity contribution < 1.29 is 9.59 Å². The topological polar surface area (TPSA) is 60.2 Å². The van der Waals surface area contributed by atoms with Gasteiger partial charge < -0.3 is 5.73 Å². The van der Waals surface area contributed by atoms with Gasteiger partial charge in [-0.15, -0.1) is 0 Å². The molecule has 0 heterocycles. The van der Waals surface area contributed by atoms with E-state index in [0.717, 1.165) is 38.5 Å². The van der Waals surface area contributed by atoms with Crippen molar-refractivity contribution in [3.8, 4) is 0 Å². The molecule has 4 aliphatic carbocycles. The summed E-state index contributed by atoms with van der Waals surface area (Å²) in [6, 6.07) is 0. The Morgan fingerprint density at radius 2 is 1.91 bits per heavy atom. The van der Waals surface area contributed by atoms with Crippen molar-refractivity contribution in [3.05, 3.63) is 11.6 Å². The number of carbonyl (C=O) groups is 2. The maximum absolute atomic E-state index is 12.4. The molecule has 0 spiro atoms. The van der Waals surface area contributed by atoms with Crippen LogP contribution in [0.2, 0.25) is 0 Å². The number of rotatable bonds is 0. The molecule has 0 amide bonds. The van der Waals surface area contributed by atoms with Gasteiger partial charge in [0.1, 0.15) is 11.6 Å². The molecule has 0 aromatic carbocycles. The molecule has 4 aliphatic rings. The first-order chi connectivity index (χ1) is 10.3. The van der Waals surface area contributed by atoms with Gasteiger partial charge in [-0.05, 0) is 43.9 Å². The number of hydrogen-bond acceptors (Lipinski definition) is 3. The molecule has 0 aromatic rings. The van der Waals surface area contributed by atoms with E-state index in [0.29, 0.717) is 36.2 Å². The Morgan fingerprint density at radius 1 is 1.14 bits per heavy atom. The Labute approximate surface area is 132 Å². The highest BCUT2D eigenvalue weighted by Crippen LogP contribution is 2.63. The summed E-state index contributed by atoms with van der Waals surface area (Å²) < 4.78 is 0. The Bertz CT molecular complexity index is 594. The van der Waals surface area contributed by atoms with Gasteiger partial charge in [0.2, 0.25) is 0 Å². The molecule has 3 fully saturated rings. The third-order valence-electron chi connectivity index (χ3n) is 7.82. The van der Waals surface area contributed by atoms with Crippen molar-refractivity contribution in [2.24, 2.45) is 28.4 Å². The summed E-state index contributed by atoms with van der Waals surface area (Å²) in [5.41, 5.74) is 7.72. The minimum absolute atomic E-state index is 0.0448. The van der Waals surface area contributed by atoms with Crippen molar-refractivity contribution in [2.75, 3.05) is 0 Å². The number of fused-ring (bicyclic) bond motifs is 5. The maximum Gasteiger partial charge on any atom is 0.139 e. The second-order valence-corrected chi connectivity index (χ2v) is 8.70. The normalized spacial score (nSPS) is 51.0. The zero-order chi connectivity index (χ0) is 15.8. The van der Waals surface area contributed by atoms with Crippen LogP contribution in [0, 0.1) is 22.7 Å². The van der Waals surface area contributed by atoms with Crippen molar-refractivity contribution >= 4 is 11.6 Å². The summed E-state index contributed by atoms with van der Waals surface area (Å²) in [5, 5.41) is 0. The van der Waals surface area contributed by atoms with Gasteiger partial charge in [0.25, 0.3) is 0 Å². The first-order valence-corrected chi connectivity index (χ1v) is 8.85. The third-order valence-corrected chi connectivity index (χ3v) is 7.82. The second-order valence-electron chi connectivity index (χ2n) is 8.70. The Kier molecular flexibility index (Phi) is 2.87. The Morgan fingerprint density at radius 3 is 2.68 bits per heavy atom. The first-order valence-electron chi connectivity index (χ1n) is 8.85. The van der Waals surface area contributed by atoms with E-state index in [1.54, 1.807) is 0 Å². The van der Waals surface area contributed by atoms with E-state index >= 15 is 0 Å². The molecular weight excluding hydrogens is 274 g/mol. The average Bonchev–Trinajstić information content (AvgIpc) is 2.76. The number of ketones is 2. The van der Waals surface area contributed by atoms with E-state index in [-0.39, 0.29) is 16.4 Å². The lowest BCUT2D eigenvalue weighted by Crippen LogP contribution is -2.63. The Balaban J connectivity index is 1.77. The molecule has 0 saturated heterocycles. The minimum Gasteiger partial charge on any atom is -0.324 e. The summed E-state index contributed by atoms with van der Waals surface area (Å²) in [5.74, 6) is 1.80. The summed E-state index contributed by atoms with van der Waals surface area (Å²) in [7, 11) is 0. The van der Waals surface area contributed by atoms with Crippen LogP contribution in [0.5, 0.6) is 0 Å². The molecular formula is C19H27NO2. The summed E-state index contributed by atoms with van der Waals surface area (Å²) in [6.07, 6.45) is 9.10. The van der Waals surface area contributed by atoms with E-state index in [2.05, 4.69) is 19.9 Å². The first kappa shape index (κ1) is 14.6. The molecule has 0 bridgehead atoms. The lowest BCUT2D eigenvalue weighted by atomic mass is 9.47. The van der Waals surface area contributed by atoms with Gasteiger partial charge in [-0.25, -0.2) is 0 Å². The van der Waals surface area contributed by atoms with E-state index in [9.17, 15) is 9.59 Å². The number of allylic oxidation sites excluding steroid dienone is 1. The molecule has 5 unspecified atom stereocenters. The lowest BCUT2D eigenvalue weighted by Gasteiger charge is -2.59. The monoisotopic (exact) mass is 301 g/mol. The predicted molar refractivity (Wildman–Crippen MR) is 85.1 cm³/mol. The van der Waals surface area contributed by atoms with Crippen LogP contribution < -0.4 is 5.73 Å². The average molecular weight is 301 g/mol. The van der Waals surface area contributed by atoms with Gasteiger partial charge in [-0.1, -0.05) is 25.5 Å². The predicted octanol–water partition coefficient (Wildman–Crippen LogP) is 3.17. The van der Waals surface area contributed by atoms with Crippen LogP contribution in [0.15, 0.2) is 11.6 Å².